The minimum atomic E-state index is -0.623. The van der Waals surface area contributed by atoms with E-state index in [1.165, 1.54) is 5.56 Å². The van der Waals surface area contributed by atoms with Gasteiger partial charge in [0.15, 0.2) is 0 Å². The van der Waals surface area contributed by atoms with Crippen LogP contribution in [0.4, 0.5) is 0 Å². The van der Waals surface area contributed by atoms with E-state index in [1.807, 2.05) is 32.0 Å². The van der Waals surface area contributed by atoms with Gasteiger partial charge in [-0.1, -0.05) is 18.2 Å². The van der Waals surface area contributed by atoms with Gasteiger partial charge in [-0.25, -0.2) is 0 Å². The van der Waals surface area contributed by atoms with Crippen LogP contribution in [0.15, 0.2) is 42.5 Å². The molecule has 0 radical (unpaired) electrons. The number of hydrogen-bond donors (Lipinski definition) is 3. The molecular formula is C20H27NO3. The first-order valence-corrected chi connectivity index (χ1v) is 8.27. The minimum absolute atomic E-state index is 0.0952. The van der Waals surface area contributed by atoms with Crippen LogP contribution < -0.4 is 10.1 Å². The molecular weight excluding hydrogens is 302 g/mol. The number of aliphatic hydroxyl groups excluding tert-OH is 1. The Morgan fingerprint density at radius 3 is 2.33 bits per heavy atom. The van der Waals surface area contributed by atoms with Crippen LogP contribution in [-0.2, 0) is 6.42 Å². The maximum atomic E-state index is 10.5. The molecule has 0 saturated carbocycles. The van der Waals surface area contributed by atoms with Gasteiger partial charge in [-0.05, 0) is 68.1 Å². The van der Waals surface area contributed by atoms with Crippen molar-refractivity contribution in [2.75, 3.05) is 7.11 Å². The fraction of sp³-hybridized carbons (Fsp3) is 0.400. The number of phenols is 1. The van der Waals surface area contributed by atoms with Crippen molar-refractivity contribution in [2.24, 2.45) is 0 Å². The van der Waals surface area contributed by atoms with Crippen molar-refractivity contribution in [3.8, 4) is 11.5 Å². The fourth-order valence-corrected chi connectivity index (χ4v) is 2.87. The minimum Gasteiger partial charge on any atom is -0.508 e. The van der Waals surface area contributed by atoms with Crippen molar-refractivity contribution in [1.82, 2.24) is 5.32 Å². The molecule has 0 aliphatic heterocycles. The van der Waals surface area contributed by atoms with Gasteiger partial charge in [0.25, 0.3) is 0 Å². The quantitative estimate of drug-likeness (QED) is 0.729. The van der Waals surface area contributed by atoms with Crippen molar-refractivity contribution in [3.63, 3.8) is 0 Å². The Morgan fingerprint density at radius 1 is 1.08 bits per heavy atom. The standard InChI is InChI=1S/C20H27NO3/c1-13-11-17(7-10-19(13)22)20(23)15(3)21-14(2)12-16-5-8-18(24-4)9-6-16/h5-11,14-15,20-23H,12H2,1-4H3. The molecule has 0 aliphatic rings. The molecule has 0 bridgehead atoms. The molecule has 130 valence electrons. The van der Waals surface area contributed by atoms with E-state index in [4.69, 9.17) is 4.74 Å². The molecule has 0 aliphatic carbocycles. The summed E-state index contributed by atoms with van der Waals surface area (Å²) in [5.41, 5.74) is 2.80. The number of benzene rings is 2. The van der Waals surface area contributed by atoms with Crippen LogP contribution in [-0.4, -0.2) is 29.4 Å². The first kappa shape index (κ1) is 18.3. The van der Waals surface area contributed by atoms with Gasteiger partial charge in [-0.3, -0.25) is 0 Å². The van der Waals surface area contributed by atoms with Crippen molar-refractivity contribution >= 4 is 0 Å². The number of aryl methyl sites for hydroxylation is 1. The predicted octanol–water partition coefficient (Wildman–Crippen LogP) is 3.35. The van der Waals surface area contributed by atoms with Crippen LogP contribution >= 0.6 is 0 Å². The van der Waals surface area contributed by atoms with Gasteiger partial charge in [0.1, 0.15) is 11.5 Å². The summed E-state index contributed by atoms with van der Waals surface area (Å²) < 4.78 is 5.17. The van der Waals surface area contributed by atoms with E-state index in [1.54, 1.807) is 19.2 Å². The lowest BCUT2D eigenvalue weighted by Gasteiger charge is -2.25. The van der Waals surface area contributed by atoms with Crippen molar-refractivity contribution in [1.29, 1.82) is 0 Å². The molecule has 4 nitrogen and oxygen atoms in total. The van der Waals surface area contributed by atoms with Gasteiger partial charge in [-0.15, -0.1) is 0 Å². The summed E-state index contributed by atoms with van der Waals surface area (Å²) in [7, 11) is 1.66. The zero-order valence-electron chi connectivity index (χ0n) is 14.8. The Balaban J connectivity index is 1.94. The normalized spacial score (nSPS) is 14.9. The average molecular weight is 329 g/mol. The number of aliphatic hydroxyl groups is 1. The van der Waals surface area contributed by atoms with Crippen molar-refractivity contribution in [3.05, 3.63) is 59.2 Å². The van der Waals surface area contributed by atoms with Crippen LogP contribution in [0.3, 0.4) is 0 Å². The third kappa shape index (κ3) is 4.73. The third-order valence-corrected chi connectivity index (χ3v) is 4.28. The summed E-state index contributed by atoms with van der Waals surface area (Å²) in [4.78, 5) is 0. The number of hydrogen-bond acceptors (Lipinski definition) is 4. The number of ether oxygens (including phenoxy) is 1. The fourth-order valence-electron chi connectivity index (χ4n) is 2.87. The second-order valence-electron chi connectivity index (χ2n) is 6.40. The van der Waals surface area contributed by atoms with Crippen LogP contribution in [0, 0.1) is 6.92 Å². The molecule has 3 N–H and O–H groups in total. The summed E-state index contributed by atoms with van der Waals surface area (Å²) in [6.07, 6.45) is 0.248. The monoisotopic (exact) mass is 329 g/mol. The molecule has 4 heteroatoms. The zero-order chi connectivity index (χ0) is 17.7. The number of rotatable bonds is 7. The van der Waals surface area contributed by atoms with Crippen LogP contribution in [0.2, 0.25) is 0 Å². The molecule has 2 rings (SSSR count). The molecule has 0 saturated heterocycles. The summed E-state index contributed by atoms with van der Waals surface area (Å²) in [5.74, 6) is 1.10. The Kier molecular flexibility index (Phi) is 6.23. The Hall–Kier alpha value is -2.04. The Bertz CT molecular complexity index is 654. The first-order chi connectivity index (χ1) is 11.4. The van der Waals surface area contributed by atoms with E-state index in [2.05, 4.69) is 24.4 Å². The molecule has 2 aromatic rings. The molecule has 24 heavy (non-hydrogen) atoms. The Labute approximate surface area is 144 Å². The van der Waals surface area contributed by atoms with Gasteiger partial charge in [-0.2, -0.15) is 0 Å². The molecule has 3 atom stereocenters. The van der Waals surface area contributed by atoms with Crippen molar-refractivity contribution in [2.45, 2.75) is 45.4 Å². The summed E-state index contributed by atoms with van der Waals surface area (Å²) >= 11 is 0. The summed E-state index contributed by atoms with van der Waals surface area (Å²) in [6, 6.07) is 13.4. The summed E-state index contributed by atoms with van der Waals surface area (Å²) in [6.45, 7) is 5.91. The maximum Gasteiger partial charge on any atom is 0.118 e. The largest absolute Gasteiger partial charge is 0.508 e. The highest BCUT2D eigenvalue weighted by molar-refractivity contribution is 5.36. The molecule has 0 spiro atoms. The zero-order valence-corrected chi connectivity index (χ0v) is 14.8. The van der Waals surface area contributed by atoms with E-state index in [-0.39, 0.29) is 17.8 Å². The van der Waals surface area contributed by atoms with Crippen LogP contribution in [0.1, 0.15) is 36.6 Å². The Morgan fingerprint density at radius 2 is 1.75 bits per heavy atom. The lowest BCUT2D eigenvalue weighted by Crippen LogP contribution is -2.39. The SMILES string of the molecule is COc1ccc(CC(C)NC(C)C(O)c2ccc(O)c(C)c2)cc1. The smallest absolute Gasteiger partial charge is 0.118 e. The van der Waals surface area contributed by atoms with E-state index < -0.39 is 6.10 Å². The van der Waals surface area contributed by atoms with Crippen LogP contribution in [0.25, 0.3) is 0 Å². The van der Waals surface area contributed by atoms with Gasteiger partial charge < -0.3 is 20.3 Å². The number of nitrogens with one attached hydrogen (secondary N) is 1. The number of phenolic OH excluding ortho intramolecular Hbond substituents is 1. The van der Waals surface area contributed by atoms with E-state index >= 15 is 0 Å². The second-order valence-corrected chi connectivity index (χ2v) is 6.40. The number of methoxy groups -OCH3 is 1. The number of aromatic hydroxyl groups is 1. The lowest BCUT2D eigenvalue weighted by atomic mass is 9.99. The van der Waals surface area contributed by atoms with Gasteiger partial charge in [0.05, 0.1) is 13.2 Å². The van der Waals surface area contributed by atoms with Crippen molar-refractivity contribution < 1.29 is 14.9 Å². The van der Waals surface area contributed by atoms with E-state index in [9.17, 15) is 10.2 Å². The molecule has 0 heterocycles. The van der Waals surface area contributed by atoms with Gasteiger partial charge in [0, 0.05) is 12.1 Å². The highest BCUT2D eigenvalue weighted by atomic mass is 16.5. The topological polar surface area (TPSA) is 61.7 Å². The molecule has 3 unspecified atom stereocenters. The first-order valence-electron chi connectivity index (χ1n) is 8.27. The van der Waals surface area contributed by atoms with Gasteiger partial charge >= 0.3 is 0 Å². The third-order valence-electron chi connectivity index (χ3n) is 4.28. The average Bonchev–Trinajstić information content (AvgIpc) is 2.57. The maximum absolute atomic E-state index is 10.5. The van der Waals surface area contributed by atoms with Crippen LogP contribution in [0.5, 0.6) is 11.5 Å². The van der Waals surface area contributed by atoms with Gasteiger partial charge in [0.2, 0.25) is 0 Å². The molecule has 0 fully saturated rings. The highest BCUT2D eigenvalue weighted by Gasteiger charge is 2.19. The lowest BCUT2D eigenvalue weighted by molar-refractivity contribution is 0.130. The predicted molar refractivity (Wildman–Crippen MR) is 96.6 cm³/mol. The molecule has 2 aromatic carbocycles. The van der Waals surface area contributed by atoms with E-state index in [0.717, 1.165) is 23.3 Å². The highest BCUT2D eigenvalue weighted by Crippen LogP contribution is 2.23. The molecule has 0 aromatic heterocycles. The second kappa shape index (κ2) is 8.18. The summed E-state index contributed by atoms with van der Waals surface area (Å²) in [5, 5.41) is 23.6. The van der Waals surface area contributed by atoms with E-state index in [0.29, 0.717) is 0 Å². The molecule has 0 amide bonds.